The molecule has 12 nitrogen and oxygen atoms in total. The van der Waals surface area contributed by atoms with Crippen molar-refractivity contribution in [3.63, 3.8) is 0 Å². The summed E-state index contributed by atoms with van der Waals surface area (Å²) in [6.45, 7) is 11.2. The summed E-state index contributed by atoms with van der Waals surface area (Å²) in [5.41, 5.74) is 3.30. The van der Waals surface area contributed by atoms with Gasteiger partial charge in [-0.25, -0.2) is 0 Å². The van der Waals surface area contributed by atoms with Crippen LogP contribution in [0, 0.1) is 5.92 Å². The maximum absolute atomic E-state index is 12.4. The quantitative estimate of drug-likeness (QED) is 0.266. The topological polar surface area (TPSA) is 116 Å². The minimum Gasteiger partial charge on any atom is -0.319 e. The molecule has 6 saturated heterocycles. The maximum atomic E-state index is 12.4. The number of hydrogen-bond acceptors (Lipinski definition) is 9. The lowest BCUT2D eigenvalue weighted by molar-refractivity contribution is -0.133. The summed E-state index contributed by atoms with van der Waals surface area (Å²) in [6.07, 6.45) is 8.95. The van der Waals surface area contributed by atoms with E-state index in [9.17, 15) is 14.4 Å². The Morgan fingerprint density at radius 1 is 0.517 bits per heavy atom. The lowest BCUT2D eigenvalue weighted by Crippen LogP contribution is -2.58. The van der Waals surface area contributed by atoms with Gasteiger partial charge in [-0.2, -0.15) is 0 Å². The number of hydrogen-bond donors (Lipinski definition) is 4. The number of likely N-dealkylation sites (tertiary alicyclic amines) is 2. The summed E-state index contributed by atoms with van der Waals surface area (Å²) in [5, 5.41) is 13.8. The van der Waals surface area contributed by atoms with Gasteiger partial charge in [-0.1, -0.05) is 98.4 Å². The minimum atomic E-state index is -0.113. The van der Waals surface area contributed by atoms with Crippen molar-refractivity contribution in [2.45, 2.75) is 95.4 Å². The molecule has 0 unspecified atom stereocenters. The molecular weight excluding hydrogens is 751 g/mol. The molecule has 7 fully saturated rings. The second-order valence-corrected chi connectivity index (χ2v) is 17.8. The van der Waals surface area contributed by atoms with E-state index in [1.807, 2.05) is 59.5 Å². The highest BCUT2D eigenvalue weighted by atomic mass is 16.2. The van der Waals surface area contributed by atoms with Crippen LogP contribution in [-0.4, -0.2) is 132 Å². The fourth-order valence-electron chi connectivity index (χ4n) is 9.97. The number of nitrogens with zero attached hydrogens (tertiary/aromatic N) is 5. The van der Waals surface area contributed by atoms with Gasteiger partial charge in [0.25, 0.3) is 0 Å². The van der Waals surface area contributed by atoms with Gasteiger partial charge in [0.15, 0.2) is 0 Å². The molecule has 3 aromatic carbocycles. The zero-order chi connectivity index (χ0) is 40.7. The third kappa shape index (κ3) is 10.3. The number of carbonyl (C=O) groups is 3. The molecule has 3 amide bonds. The highest BCUT2D eigenvalue weighted by Gasteiger charge is 2.48. The van der Waals surface area contributed by atoms with Crippen molar-refractivity contribution in [1.82, 2.24) is 45.8 Å². The average Bonchev–Trinajstić information content (AvgIpc) is 3.91. The van der Waals surface area contributed by atoms with Gasteiger partial charge in [0.2, 0.25) is 17.7 Å². The van der Waals surface area contributed by atoms with Crippen LogP contribution in [0.3, 0.4) is 0 Å². The van der Waals surface area contributed by atoms with Gasteiger partial charge < -0.3 is 29.8 Å². The van der Waals surface area contributed by atoms with Gasteiger partial charge in [0, 0.05) is 52.4 Å². The molecule has 1 saturated carbocycles. The standard InChI is InChI=1S/C18H25N3O.C15H21N3O.C14H19N3O.CH4/c22-17-12-19-18(21(17)14-15-4-2-1-3-5-15)8-10-20(11-9-18)13-16-6-7-16;1-17-9-7-15(8-10-17)16-11-14(19)18(15)12-13-5-3-2-4-6-13;18-13-10-16-14(6-8-15-9-7-14)17(13)11-12-4-2-1-3-5-12;/h1-5,16,19H,6-14H2;2-6,16H,7-12H2,1H3;1-5,15-16H,6-11H2;1H4. The van der Waals surface area contributed by atoms with Crippen molar-refractivity contribution in [3.8, 4) is 0 Å². The van der Waals surface area contributed by atoms with Gasteiger partial charge in [0.1, 0.15) is 0 Å². The Morgan fingerprint density at radius 2 is 0.867 bits per heavy atom. The number of piperidine rings is 3. The molecule has 324 valence electrons. The lowest BCUT2D eigenvalue weighted by Gasteiger charge is -2.44. The molecule has 60 heavy (non-hydrogen) atoms. The number of amides is 3. The van der Waals surface area contributed by atoms with Crippen LogP contribution in [-0.2, 0) is 34.0 Å². The molecule has 3 aromatic rings. The van der Waals surface area contributed by atoms with Gasteiger partial charge in [-0.05, 0) is 94.1 Å². The van der Waals surface area contributed by atoms with Crippen LogP contribution in [0.4, 0.5) is 0 Å². The molecule has 0 radical (unpaired) electrons. The third-order valence-electron chi connectivity index (χ3n) is 13.9. The smallest absolute Gasteiger partial charge is 0.238 e. The van der Waals surface area contributed by atoms with E-state index in [2.05, 4.69) is 84.3 Å². The average molecular weight is 820 g/mol. The molecule has 3 spiro atoms. The van der Waals surface area contributed by atoms with Gasteiger partial charge in [0.05, 0.1) is 36.6 Å². The first-order chi connectivity index (χ1) is 28.7. The predicted molar refractivity (Wildman–Crippen MR) is 237 cm³/mol. The van der Waals surface area contributed by atoms with E-state index < -0.39 is 0 Å². The second-order valence-electron chi connectivity index (χ2n) is 17.8. The van der Waals surface area contributed by atoms with Crippen molar-refractivity contribution < 1.29 is 14.4 Å². The Hall–Kier alpha value is -4.17. The molecule has 6 aliphatic heterocycles. The molecule has 0 aromatic heterocycles. The van der Waals surface area contributed by atoms with Crippen LogP contribution in [0.1, 0.15) is 75.5 Å². The van der Waals surface area contributed by atoms with E-state index in [0.717, 1.165) is 96.8 Å². The highest BCUT2D eigenvalue weighted by molar-refractivity contribution is 5.82. The van der Waals surface area contributed by atoms with Crippen LogP contribution in [0.15, 0.2) is 91.0 Å². The number of benzene rings is 3. The van der Waals surface area contributed by atoms with Crippen LogP contribution < -0.4 is 21.3 Å². The van der Waals surface area contributed by atoms with E-state index in [0.29, 0.717) is 26.2 Å². The molecule has 0 atom stereocenters. The van der Waals surface area contributed by atoms with E-state index in [1.165, 1.54) is 36.1 Å². The Kier molecular flexibility index (Phi) is 14.4. The van der Waals surface area contributed by atoms with Crippen molar-refractivity contribution >= 4 is 17.7 Å². The van der Waals surface area contributed by atoms with Crippen molar-refractivity contribution in [2.75, 3.05) is 72.5 Å². The summed E-state index contributed by atoms with van der Waals surface area (Å²) in [6, 6.07) is 30.8. The molecule has 6 heterocycles. The van der Waals surface area contributed by atoms with Gasteiger partial charge in [-0.15, -0.1) is 0 Å². The number of carbonyl (C=O) groups excluding carboxylic acids is 3. The van der Waals surface area contributed by atoms with Crippen LogP contribution >= 0.6 is 0 Å². The molecule has 7 aliphatic rings. The van der Waals surface area contributed by atoms with Crippen molar-refractivity contribution in [2.24, 2.45) is 5.92 Å². The maximum Gasteiger partial charge on any atom is 0.238 e. The number of rotatable bonds is 8. The zero-order valence-corrected chi connectivity index (χ0v) is 35.0. The Labute approximate surface area is 358 Å². The van der Waals surface area contributed by atoms with E-state index in [1.54, 1.807) is 0 Å². The van der Waals surface area contributed by atoms with E-state index in [-0.39, 0.29) is 42.1 Å². The van der Waals surface area contributed by atoms with Gasteiger partial charge in [-0.3, -0.25) is 30.3 Å². The molecule has 1 aliphatic carbocycles. The molecule has 0 bridgehead atoms. The lowest BCUT2D eigenvalue weighted by atomic mass is 9.95. The Balaban J connectivity index is 0.000000136. The Bertz CT molecular complexity index is 1840. The summed E-state index contributed by atoms with van der Waals surface area (Å²) >= 11 is 0. The molecule has 4 N–H and O–H groups in total. The highest BCUT2D eigenvalue weighted by Crippen LogP contribution is 2.36. The molecule has 10 rings (SSSR count). The van der Waals surface area contributed by atoms with E-state index in [4.69, 9.17) is 0 Å². The first kappa shape index (κ1) is 43.9. The summed E-state index contributed by atoms with van der Waals surface area (Å²) in [7, 11) is 2.14. The normalized spacial score (nSPS) is 23.4. The van der Waals surface area contributed by atoms with Gasteiger partial charge >= 0.3 is 0 Å². The summed E-state index contributed by atoms with van der Waals surface area (Å²) in [5.74, 6) is 1.65. The monoisotopic (exact) mass is 820 g/mol. The number of nitrogens with one attached hydrogen (secondary N) is 4. The molecular formula is C48H69N9O3. The fraction of sp³-hybridized carbons (Fsp3) is 0.562. The minimum absolute atomic E-state index is 0. The third-order valence-corrected chi connectivity index (χ3v) is 13.9. The van der Waals surface area contributed by atoms with Crippen molar-refractivity contribution in [3.05, 3.63) is 108 Å². The SMILES string of the molecule is C.CN1CCC2(CC1)NCC(=O)N2Cc1ccccc1.O=C1CNC2(CCN(CC3CC3)CC2)N1Cc1ccccc1.O=C1CNC2(CCNCC2)N1Cc1ccccc1. The van der Waals surface area contributed by atoms with Crippen LogP contribution in [0.25, 0.3) is 0 Å². The second kappa shape index (κ2) is 19.7. The largest absolute Gasteiger partial charge is 0.319 e. The fourth-order valence-corrected chi connectivity index (χ4v) is 9.97. The van der Waals surface area contributed by atoms with Crippen molar-refractivity contribution in [1.29, 1.82) is 0 Å². The summed E-state index contributed by atoms with van der Waals surface area (Å²) < 4.78 is 0. The van der Waals surface area contributed by atoms with E-state index >= 15 is 0 Å². The molecule has 12 heteroatoms. The van der Waals surface area contributed by atoms with Crippen LogP contribution in [0.5, 0.6) is 0 Å². The van der Waals surface area contributed by atoms with Crippen LogP contribution in [0.2, 0.25) is 0 Å². The summed E-state index contributed by atoms with van der Waals surface area (Å²) in [4.78, 5) is 47.7. The Morgan fingerprint density at radius 3 is 1.23 bits per heavy atom. The predicted octanol–water partition coefficient (Wildman–Crippen LogP) is 4.20. The first-order valence-electron chi connectivity index (χ1n) is 22.1. The zero-order valence-electron chi connectivity index (χ0n) is 35.0. The first-order valence-corrected chi connectivity index (χ1v) is 22.1.